The van der Waals surface area contributed by atoms with E-state index in [4.69, 9.17) is 4.74 Å². The largest absolute Gasteiger partial charge is 0.481 e. The van der Waals surface area contributed by atoms with E-state index in [0.29, 0.717) is 12.8 Å². The first-order chi connectivity index (χ1) is 11.4. The van der Waals surface area contributed by atoms with Gasteiger partial charge in [0.25, 0.3) is 0 Å². The summed E-state index contributed by atoms with van der Waals surface area (Å²) in [6.07, 6.45) is 12.5. The number of carboxylic acids is 1. The van der Waals surface area contributed by atoms with E-state index in [1.807, 2.05) is 13.8 Å². The highest BCUT2D eigenvalue weighted by molar-refractivity contribution is 5.81. The van der Waals surface area contributed by atoms with Gasteiger partial charge in [-0.15, -0.1) is 0 Å². The molecule has 0 saturated heterocycles. The van der Waals surface area contributed by atoms with Gasteiger partial charge in [0.1, 0.15) is 5.60 Å². The summed E-state index contributed by atoms with van der Waals surface area (Å²) in [6, 6.07) is 0. The first-order valence-electron chi connectivity index (χ1n) is 9.83. The molecular formula is C20H36O4. The van der Waals surface area contributed by atoms with Crippen molar-refractivity contribution in [3.63, 3.8) is 0 Å². The van der Waals surface area contributed by atoms with Gasteiger partial charge in [-0.1, -0.05) is 58.3 Å². The van der Waals surface area contributed by atoms with E-state index in [1.54, 1.807) is 0 Å². The monoisotopic (exact) mass is 340 g/mol. The van der Waals surface area contributed by atoms with E-state index in [9.17, 15) is 14.7 Å². The van der Waals surface area contributed by atoms with Crippen molar-refractivity contribution in [2.45, 2.75) is 103 Å². The van der Waals surface area contributed by atoms with Crippen LogP contribution in [0.2, 0.25) is 0 Å². The molecule has 1 saturated carbocycles. The van der Waals surface area contributed by atoms with Gasteiger partial charge in [0.15, 0.2) is 0 Å². The van der Waals surface area contributed by atoms with E-state index >= 15 is 0 Å². The molecule has 1 fully saturated rings. The summed E-state index contributed by atoms with van der Waals surface area (Å²) in [5.74, 6) is -2.21. The SMILES string of the molecule is CCCCCCCCCC(C)(C)OC(=O)C1CCCCC1C(=O)O. The molecule has 4 heteroatoms. The van der Waals surface area contributed by atoms with Crippen LogP contribution in [0.4, 0.5) is 0 Å². The summed E-state index contributed by atoms with van der Waals surface area (Å²) in [4.78, 5) is 23.8. The number of rotatable bonds is 11. The second kappa shape index (κ2) is 10.7. The van der Waals surface area contributed by atoms with E-state index < -0.39 is 23.4 Å². The van der Waals surface area contributed by atoms with Crippen LogP contribution in [0, 0.1) is 11.8 Å². The number of aliphatic carboxylic acids is 1. The Hall–Kier alpha value is -1.06. The molecule has 0 radical (unpaired) electrons. The quantitative estimate of drug-likeness (QED) is 0.407. The molecule has 1 N–H and O–H groups in total. The van der Waals surface area contributed by atoms with Gasteiger partial charge in [-0.05, 0) is 39.5 Å². The van der Waals surface area contributed by atoms with Crippen LogP contribution in [0.3, 0.4) is 0 Å². The van der Waals surface area contributed by atoms with Gasteiger partial charge in [0.05, 0.1) is 11.8 Å². The number of hydrogen-bond acceptors (Lipinski definition) is 3. The van der Waals surface area contributed by atoms with Crippen molar-refractivity contribution in [3.05, 3.63) is 0 Å². The predicted molar refractivity (Wildman–Crippen MR) is 95.9 cm³/mol. The number of carboxylic acid groups (broad SMARTS) is 1. The van der Waals surface area contributed by atoms with Gasteiger partial charge in [-0.3, -0.25) is 9.59 Å². The van der Waals surface area contributed by atoms with E-state index in [1.165, 1.54) is 38.5 Å². The van der Waals surface area contributed by atoms with Crippen LogP contribution in [0.5, 0.6) is 0 Å². The fourth-order valence-electron chi connectivity index (χ4n) is 3.62. The van der Waals surface area contributed by atoms with Crippen molar-refractivity contribution < 1.29 is 19.4 Å². The van der Waals surface area contributed by atoms with Gasteiger partial charge in [0.2, 0.25) is 0 Å². The fraction of sp³-hybridized carbons (Fsp3) is 0.900. The Labute approximate surface area is 147 Å². The smallest absolute Gasteiger partial charge is 0.310 e. The molecule has 4 nitrogen and oxygen atoms in total. The van der Waals surface area contributed by atoms with Crippen molar-refractivity contribution in [1.82, 2.24) is 0 Å². The number of hydrogen-bond donors (Lipinski definition) is 1. The fourth-order valence-corrected chi connectivity index (χ4v) is 3.62. The van der Waals surface area contributed by atoms with Crippen LogP contribution in [0.1, 0.15) is 97.8 Å². The molecule has 0 aromatic carbocycles. The molecule has 2 unspecified atom stereocenters. The Bertz CT molecular complexity index is 389. The maximum absolute atomic E-state index is 12.5. The minimum Gasteiger partial charge on any atom is -0.481 e. The molecule has 2 atom stereocenters. The molecule has 140 valence electrons. The lowest BCUT2D eigenvalue weighted by atomic mass is 9.79. The average molecular weight is 341 g/mol. The second-order valence-corrected chi connectivity index (χ2v) is 7.89. The number of carbonyl (C=O) groups is 2. The zero-order chi connectivity index (χ0) is 18.0. The van der Waals surface area contributed by atoms with Crippen molar-refractivity contribution in [3.8, 4) is 0 Å². The Morgan fingerprint density at radius 1 is 0.958 bits per heavy atom. The molecule has 0 bridgehead atoms. The molecule has 1 aliphatic rings. The van der Waals surface area contributed by atoms with E-state index in [0.717, 1.165) is 25.7 Å². The highest BCUT2D eigenvalue weighted by atomic mass is 16.6. The molecule has 1 aliphatic carbocycles. The number of carbonyl (C=O) groups excluding carboxylic acids is 1. The molecule has 0 aromatic rings. The normalized spacial score (nSPS) is 21.5. The minimum atomic E-state index is -0.860. The number of unbranched alkanes of at least 4 members (excludes halogenated alkanes) is 6. The van der Waals surface area contributed by atoms with Crippen LogP contribution < -0.4 is 0 Å². The summed E-state index contributed by atoms with van der Waals surface area (Å²) in [5.41, 5.74) is -0.499. The molecule has 0 aromatic heterocycles. The Balaban J connectivity index is 2.33. The van der Waals surface area contributed by atoms with Crippen molar-refractivity contribution in [2.75, 3.05) is 0 Å². The lowest BCUT2D eigenvalue weighted by Crippen LogP contribution is -2.38. The van der Waals surface area contributed by atoms with Gasteiger partial charge in [-0.25, -0.2) is 0 Å². The van der Waals surface area contributed by atoms with Crippen LogP contribution in [-0.4, -0.2) is 22.6 Å². The van der Waals surface area contributed by atoms with E-state index in [2.05, 4.69) is 6.92 Å². The predicted octanol–water partition coefficient (Wildman–Crippen LogP) is 5.34. The zero-order valence-electron chi connectivity index (χ0n) is 15.8. The third kappa shape index (κ3) is 7.67. The summed E-state index contributed by atoms with van der Waals surface area (Å²) >= 11 is 0. The molecule has 0 heterocycles. The van der Waals surface area contributed by atoms with E-state index in [-0.39, 0.29) is 5.97 Å². The first-order valence-corrected chi connectivity index (χ1v) is 9.83. The van der Waals surface area contributed by atoms with Gasteiger partial charge < -0.3 is 9.84 Å². The zero-order valence-corrected chi connectivity index (χ0v) is 15.8. The lowest BCUT2D eigenvalue weighted by molar-refractivity contribution is -0.170. The Morgan fingerprint density at radius 2 is 1.50 bits per heavy atom. The third-order valence-corrected chi connectivity index (χ3v) is 5.15. The highest BCUT2D eigenvalue weighted by Gasteiger charge is 2.38. The van der Waals surface area contributed by atoms with Gasteiger partial charge in [0, 0.05) is 0 Å². The lowest BCUT2D eigenvalue weighted by Gasteiger charge is -2.32. The summed E-state index contributed by atoms with van der Waals surface area (Å²) < 4.78 is 5.70. The second-order valence-electron chi connectivity index (χ2n) is 7.89. The van der Waals surface area contributed by atoms with Gasteiger partial charge in [-0.2, -0.15) is 0 Å². The number of ether oxygens (including phenoxy) is 1. The summed E-state index contributed by atoms with van der Waals surface area (Å²) in [6.45, 7) is 6.11. The first kappa shape index (κ1) is 21.0. The van der Waals surface area contributed by atoms with Crippen LogP contribution in [0.15, 0.2) is 0 Å². The number of esters is 1. The Kier molecular flexibility index (Phi) is 9.38. The maximum Gasteiger partial charge on any atom is 0.310 e. The average Bonchev–Trinajstić information content (AvgIpc) is 2.53. The maximum atomic E-state index is 12.5. The van der Waals surface area contributed by atoms with Crippen molar-refractivity contribution in [1.29, 1.82) is 0 Å². The highest BCUT2D eigenvalue weighted by Crippen LogP contribution is 2.33. The molecule has 0 aliphatic heterocycles. The molecule has 0 spiro atoms. The van der Waals surface area contributed by atoms with Crippen LogP contribution in [-0.2, 0) is 14.3 Å². The minimum absolute atomic E-state index is 0.310. The van der Waals surface area contributed by atoms with Crippen LogP contribution >= 0.6 is 0 Å². The van der Waals surface area contributed by atoms with Crippen molar-refractivity contribution >= 4 is 11.9 Å². The third-order valence-electron chi connectivity index (χ3n) is 5.15. The van der Waals surface area contributed by atoms with Crippen LogP contribution in [0.25, 0.3) is 0 Å². The summed E-state index contributed by atoms with van der Waals surface area (Å²) in [5, 5.41) is 9.31. The molecule has 0 amide bonds. The van der Waals surface area contributed by atoms with Crippen molar-refractivity contribution in [2.24, 2.45) is 11.8 Å². The topological polar surface area (TPSA) is 63.6 Å². The molecular weight excluding hydrogens is 304 g/mol. The summed E-state index contributed by atoms with van der Waals surface area (Å²) in [7, 11) is 0. The van der Waals surface area contributed by atoms with Gasteiger partial charge >= 0.3 is 11.9 Å². The Morgan fingerprint density at radius 3 is 2.08 bits per heavy atom. The molecule has 24 heavy (non-hydrogen) atoms. The molecule has 1 rings (SSSR count). The standard InChI is InChI=1S/C20H36O4/c1-4-5-6-7-8-9-12-15-20(2,3)24-19(23)17-14-11-10-13-16(17)18(21)22/h16-17H,4-15H2,1-3H3,(H,21,22).